The van der Waals surface area contributed by atoms with Crippen LogP contribution in [-0.2, 0) is 14.2 Å². The number of carboxylic acid groups (broad SMARTS) is 1. The zero-order chi connectivity index (χ0) is 14.5. The molecule has 0 fully saturated rings. The lowest BCUT2D eigenvalue weighted by Gasteiger charge is -2.19. The van der Waals surface area contributed by atoms with E-state index in [1.54, 1.807) is 0 Å². The molecule has 0 radical (unpaired) electrons. The van der Waals surface area contributed by atoms with Crippen molar-refractivity contribution in [2.24, 2.45) is 0 Å². The molecule has 0 saturated heterocycles. The first kappa shape index (κ1) is 18.2. The zero-order valence-electron chi connectivity index (χ0n) is 12.4. The first-order valence-corrected chi connectivity index (χ1v) is 7.19. The van der Waals surface area contributed by atoms with Crippen LogP contribution in [0.3, 0.4) is 0 Å². The Morgan fingerprint density at radius 1 is 1.16 bits per heavy atom. The quantitative estimate of drug-likeness (QED) is 0.437. The SMILES string of the molecule is CCCCOC(CC)COC(C)CCCOC(=O)O. The molecule has 5 heteroatoms. The monoisotopic (exact) mass is 276 g/mol. The van der Waals surface area contributed by atoms with Crippen molar-refractivity contribution in [3.8, 4) is 0 Å². The molecule has 114 valence electrons. The summed E-state index contributed by atoms with van der Waals surface area (Å²) in [5.41, 5.74) is 0. The van der Waals surface area contributed by atoms with Gasteiger partial charge in [0.25, 0.3) is 0 Å². The number of hydrogen-bond donors (Lipinski definition) is 1. The molecule has 0 aliphatic rings. The summed E-state index contributed by atoms with van der Waals surface area (Å²) >= 11 is 0. The van der Waals surface area contributed by atoms with E-state index < -0.39 is 6.16 Å². The largest absolute Gasteiger partial charge is 0.505 e. The second kappa shape index (κ2) is 12.2. The standard InChI is InChI=1S/C14H28O5/c1-4-6-9-17-13(5-2)11-19-12(3)8-7-10-18-14(15)16/h12-13H,4-11H2,1-3H3,(H,15,16). The molecule has 5 nitrogen and oxygen atoms in total. The molecular weight excluding hydrogens is 248 g/mol. The van der Waals surface area contributed by atoms with Crippen molar-refractivity contribution >= 4 is 6.16 Å². The third-order valence-corrected chi connectivity index (χ3v) is 2.85. The van der Waals surface area contributed by atoms with Gasteiger partial charge in [-0.1, -0.05) is 20.3 Å². The van der Waals surface area contributed by atoms with E-state index in [0.717, 1.165) is 32.3 Å². The Morgan fingerprint density at radius 2 is 1.89 bits per heavy atom. The second-order valence-electron chi connectivity index (χ2n) is 4.66. The molecule has 19 heavy (non-hydrogen) atoms. The van der Waals surface area contributed by atoms with Crippen molar-refractivity contribution in [1.29, 1.82) is 0 Å². The van der Waals surface area contributed by atoms with Gasteiger partial charge in [-0.05, 0) is 32.6 Å². The summed E-state index contributed by atoms with van der Waals surface area (Å²) in [5, 5.41) is 8.32. The average Bonchev–Trinajstić information content (AvgIpc) is 2.38. The summed E-state index contributed by atoms with van der Waals surface area (Å²) in [6, 6.07) is 0. The van der Waals surface area contributed by atoms with E-state index >= 15 is 0 Å². The predicted molar refractivity (Wildman–Crippen MR) is 73.6 cm³/mol. The molecule has 0 bridgehead atoms. The first-order valence-electron chi connectivity index (χ1n) is 7.19. The van der Waals surface area contributed by atoms with Gasteiger partial charge in [0.15, 0.2) is 0 Å². The maximum absolute atomic E-state index is 10.2. The normalized spacial score (nSPS) is 14.1. The molecule has 2 unspecified atom stereocenters. The lowest BCUT2D eigenvalue weighted by atomic mass is 10.2. The Labute approximate surface area is 116 Å². The molecule has 0 aromatic carbocycles. The zero-order valence-corrected chi connectivity index (χ0v) is 12.4. The van der Waals surface area contributed by atoms with Crippen LogP contribution in [0.1, 0.15) is 52.9 Å². The fourth-order valence-corrected chi connectivity index (χ4v) is 1.56. The van der Waals surface area contributed by atoms with E-state index in [0.29, 0.717) is 13.0 Å². The highest BCUT2D eigenvalue weighted by molar-refractivity contribution is 5.56. The van der Waals surface area contributed by atoms with Crippen molar-refractivity contribution in [3.05, 3.63) is 0 Å². The fourth-order valence-electron chi connectivity index (χ4n) is 1.56. The highest BCUT2D eigenvalue weighted by Gasteiger charge is 2.10. The molecule has 0 aliphatic carbocycles. The smallest absolute Gasteiger partial charge is 0.450 e. The van der Waals surface area contributed by atoms with Gasteiger partial charge in [0.2, 0.25) is 0 Å². The molecule has 2 atom stereocenters. The number of ether oxygens (including phenoxy) is 3. The summed E-state index contributed by atoms with van der Waals surface area (Å²) < 4.78 is 15.9. The van der Waals surface area contributed by atoms with Crippen molar-refractivity contribution in [3.63, 3.8) is 0 Å². The van der Waals surface area contributed by atoms with Crippen LogP contribution >= 0.6 is 0 Å². The average molecular weight is 276 g/mol. The van der Waals surface area contributed by atoms with Crippen LogP contribution in [0.4, 0.5) is 4.79 Å². The molecule has 0 aliphatic heterocycles. The van der Waals surface area contributed by atoms with Gasteiger partial charge in [0.05, 0.1) is 25.4 Å². The minimum absolute atomic E-state index is 0.0984. The van der Waals surface area contributed by atoms with Gasteiger partial charge in [0, 0.05) is 6.61 Å². The van der Waals surface area contributed by atoms with Crippen LogP contribution in [0.25, 0.3) is 0 Å². The van der Waals surface area contributed by atoms with E-state index in [1.165, 1.54) is 0 Å². The lowest BCUT2D eigenvalue weighted by Crippen LogP contribution is -2.23. The Balaban J connectivity index is 3.56. The molecule has 0 aromatic rings. The summed E-state index contributed by atoms with van der Waals surface area (Å²) in [5.74, 6) is 0. The maximum atomic E-state index is 10.2. The number of rotatable bonds is 12. The van der Waals surface area contributed by atoms with Gasteiger partial charge in [-0.3, -0.25) is 0 Å². The van der Waals surface area contributed by atoms with Crippen LogP contribution in [0, 0.1) is 0 Å². The number of unbranched alkanes of at least 4 members (excludes halogenated alkanes) is 1. The second-order valence-corrected chi connectivity index (χ2v) is 4.66. The van der Waals surface area contributed by atoms with Gasteiger partial charge in [-0.25, -0.2) is 4.79 Å². The van der Waals surface area contributed by atoms with E-state index in [2.05, 4.69) is 18.6 Å². The summed E-state index contributed by atoms with van der Waals surface area (Å²) in [6.07, 6.45) is 3.67. The van der Waals surface area contributed by atoms with Gasteiger partial charge < -0.3 is 19.3 Å². The van der Waals surface area contributed by atoms with Crippen LogP contribution in [0.15, 0.2) is 0 Å². The van der Waals surface area contributed by atoms with Crippen LogP contribution in [-0.4, -0.2) is 43.3 Å². The van der Waals surface area contributed by atoms with Crippen molar-refractivity contribution in [2.75, 3.05) is 19.8 Å². The molecule has 0 spiro atoms. The third kappa shape index (κ3) is 12.0. The Kier molecular flexibility index (Phi) is 11.7. The molecule has 0 amide bonds. The topological polar surface area (TPSA) is 65.0 Å². The summed E-state index contributed by atoms with van der Waals surface area (Å²) in [7, 11) is 0. The predicted octanol–water partition coefficient (Wildman–Crippen LogP) is 3.46. The minimum atomic E-state index is -1.22. The highest BCUT2D eigenvalue weighted by atomic mass is 16.7. The highest BCUT2D eigenvalue weighted by Crippen LogP contribution is 2.07. The van der Waals surface area contributed by atoms with Gasteiger partial charge >= 0.3 is 6.16 Å². The van der Waals surface area contributed by atoms with Crippen molar-refractivity contribution < 1.29 is 24.1 Å². The molecule has 0 aromatic heterocycles. The number of hydrogen-bond acceptors (Lipinski definition) is 4. The van der Waals surface area contributed by atoms with Gasteiger partial charge in [0.1, 0.15) is 0 Å². The first-order chi connectivity index (χ1) is 9.10. The molecular formula is C14H28O5. The maximum Gasteiger partial charge on any atom is 0.505 e. The van der Waals surface area contributed by atoms with E-state index in [9.17, 15) is 4.79 Å². The minimum Gasteiger partial charge on any atom is -0.450 e. The fraction of sp³-hybridized carbons (Fsp3) is 0.929. The third-order valence-electron chi connectivity index (χ3n) is 2.85. The number of carbonyl (C=O) groups is 1. The van der Waals surface area contributed by atoms with Crippen molar-refractivity contribution in [2.45, 2.75) is 65.1 Å². The van der Waals surface area contributed by atoms with E-state index in [-0.39, 0.29) is 18.8 Å². The van der Waals surface area contributed by atoms with Crippen LogP contribution in [0.2, 0.25) is 0 Å². The van der Waals surface area contributed by atoms with Gasteiger partial charge in [-0.15, -0.1) is 0 Å². The van der Waals surface area contributed by atoms with E-state index in [4.69, 9.17) is 14.6 Å². The molecule has 0 rings (SSSR count). The van der Waals surface area contributed by atoms with Crippen LogP contribution in [0.5, 0.6) is 0 Å². The molecule has 0 saturated carbocycles. The van der Waals surface area contributed by atoms with Crippen LogP contribution < -0.4 is 0 Å². The summed E-state index contributed by atoms with van der Waals surface area (Å²) in [6.45, 7) is 7.83. The Morgan fingerprint density at radius 3 is 2.47 bits per heavy atom. The van der Waals surface area contributed by atoms with E-state index in [1.807, 2.05) is 6.92 Å². The molecule has 0 heterocycles. The van der Waals surface area contributed by atoms with Crippen molar-refractivity contribution in [1.82, 2.24) is 0 Å². The summed E-state index contributed by atoms with van der Waals surface area (Å²) in [4.78, 5) is 10.2. The molecule has 1 N–H and O–H groups in total. The lowest BCUT2D eigenvalue weighted by molar-refractivity contribution is -0.0445. The Hall–Kier alpha value is -0.810. The Bertz CT molecular complexity index is 220. The van der Waals surface area contributed by atoms with Gasteiger partial charge in [-0.2, -0.15) is 0 Å².